The first-order chi connectivity index (χ1) is 12.0. The molecule has 0 aromatic carbocycles. The van der Waals surface area contributed by atoms with Gasteiger partial charge in [-0.3, -0.25) is 0 Å². The number of ether oxygens (including phenoxy) is 1. The summed E-state index contributed by atoms with van der Waals surface area (Å²) >= 11 is 0. The number of nitrogens with zero attached hydrogens (tertiary/aromatic N) is 1. The van der Waals surface area contributed by atoms with Crippen molar-refractivity contribution < 1.29 is 23.0 Å². The van der Waals surface area contributed by atoms with Gasteiger partial charge in [0, 0.05) is 0 Å². The molecule has 3 atom stereocenters. The number of carbonyl (C=O) groups is 1. The van der Waals surface area contributed by atoms with Gasteiger partial charge in [0.2, 0.25) is 0 Å². The molecule has 0 spiro atoms. The van der Waals surface area contributed by atoms with Crippen LogP contribution in [-0.2, 0) is 9.16 Å². The molecule has 0 saturated carbocycles. The highest BCUT2D eigenvalue weighted by molar-refractivity contribution is 6.73. The monoisotopic (exact) mass is 369 g/mol. The van der Waals surface area contributed by atoms with E-state index in [9.17, 15) is 10.0 Å². The van der Waals surface area contributed by atoms with Gasteiger partial charge in [-0.25, -0.2) is 4.65 Å². The zero-order valence-electron chi connectivity index (χ0n) is 15.8. The number of quaternary nitrogens is 1. The first-order valence-corrected chi connectivity index (χ1v) is 12.0. The number of carbonyl (C=O) groups excluding carboxylic acids is 1. The van der Waals surface area contributed by atoms with Crippen molar-refractivity contribution in [3.05, 3.63) is 29.4 Å². The van der Waals surface area contributed by atoms with Gasteiger partial charge in [-0.15, -0.1) is 0 Å². The highest BCUT2D eigenvalue weighted by atomic mass is 28.4. The molecule has 1 unspecified atom stereocenters. The van der Waals surface area contributed by atoms with Crippen LogP contribution in [0, 0.1) is 5.21 Å². The molecule has 1 amide bonds. The normalized spacial score (nSPS) is 26.3. The number of hydrogen-bond donors (Lipinski definition) is 0. The molecular formula is C18H31NO5Si. The van der Waals surface area contributed by atoms with Crippen molar-refractivity contribution in [2.45, 2.75) is 70.8 Å². The van der Waals surface area contributed by atoms with Gasteiger partial charge in [-0.1, -0.05) is 34.1 Å². The van der Waals surface area contributed by atoms with Crippen LogP contribution in [0.15, 0.2) is 22.8 Å². The van der Waals surface area contributed by atoms with Gasteiger partial charge in [0.25, 0.3) is 0 Å². The van der Waals surface area contributed by atoms with Crippen LogP contribution in [0.4, 0.5) is 4.79 Å². The largest absolute Gasteiger partial charge is 0.622 e. The quantitative estimate of drug-likeness (QED) is 0.266. The first-order valence-electron chi connectivity index (χ1n) is 9.43. The second-order valence-electron chi connectivity index (χ2n) is 6.81. The van der Waals surface area contributed by atoms with Gasteiger partial charge >= 0.3 is 6.09 Å². The molecule has 1 aliphatic heterocycles. The Hall–Kier alpha value is -1.15. The van der Waals surface area contributed by atoms with Crippen LogP contribution in [-0.4, -0.2) is 38.3 Å². The molecule has 1 aliphatic rings. The third kappa shape index (κ3) is 4.00. The summed E-state index contributed by atoms with van der Waals surface area (Å²) in [6, 6.07) is 5.82. The molecule has 2 rings (SSSR count). The summed E-state index contributed by atoms with van der Waals surface area (Å²) in [4.78, 5) is 12.4. The van der Waals surface area contributed by atoms with Crippen LogP contribution in [0.5, 0.6) is 0 Å². The second-order valence-corrected chi connectivity index (χ2v) is 11.5. The number of rotatable bonds is 9. The van der Waals surface area contributed by atoms with Crippen molar-refractivity contribution in [1.82, 2.24) is 0 Å². The minimum Gasteiger partial charge on any atom is -0.622 e. The molecule has 0 radical (unpaired) electrons. The summed E-state index contributed by atoms with van der Waals surface area (Å²) in [6.45, 7) is 8.85. The second kappa shape index (κ2) is 8.49. The SMILES string of the molecule is CCCCOC(=O)[N+]1([O-])C[C@@H](O[Si](CC)(CC)CC)[C@@H]1c1ccco1. The molecule has 0 N–H and O–H groups in total. The van der Waals surface area contributed by atoms with E-state index in [1.54, 1.807) is 12.1 Å². The summed E-state index contributed by atoms with van der Waals surface area (Å²) in [5, 5.41) is 13.2. The van der Waals surface area contributed by atoms with E-state index in [0.29, 0.717) is 5.76 Å². The van der Waals surface area contributed by atoms with E-state index in [2.05, 4.69) is 20.8 Å². The highest BCUT2D eigenvalue weighted by Crippen LogP contribution is 2.45. The fraction of sp³-hybridized carbons (Fsp3) is 0.722. The van der Waals surface area contributed by atoms with Gasteiger partial charge in [0.05, 0.1) is 12.9 Å². The van der Waals surface area contributed by atoms with Crippen LogP contribution in [0.25, 0.3) is 0 Å². The zero-order valence-corrected chi connectivity index (χ0v) is 16.8. The summed E-state index contributed by atoms with van der Waals surface area (Å²) in [5.41, 5.74) is 0. The minimum absolute atomic E-state index is 0.102. The molecule has 6 nitrogen and oxygen atoms in total. The van der Waals surface area contributed by atoms with Crippen molar-refractivity contribution >= 4 is 14.4 Å². The summed E-state index contributed by atoms with van der Waals surface area (Å²) in [5.74, 6) is 0.505. The third-order valence-electron chi connectivity index (χ3n) is 5.45. The molecular weight excluding hydrogens is 338 g/mol. The van der Waals surface area contributed by atoms with Crippen LogP contribution in [0.3, 0.4) is 0 Å². The van der Waals surface area contributed by atoms with E-state index in [1.807, 2.05) is 6.92 Å². The molecule has 25 heavy (non-hydrogen) atoms. The highest BCUT2D eigenvalue weighted by Gasteiger charge is 2.59. The predicted molar refractivity (Wildman–Crippen MR) is 98.3 cm³/mol. The van der Waals surface area contributed by atoms with Gasteiger partial charge in [-0.05, 0) is 36.7 Å². The number of furan rings is 1. The lowest BCUT2D eigenvalue weighted by Crippen LogP contribution is -2.69. The standard InChI is InChI=1S/C18H31NO5Si/c1-5-9-12-23-18(20)19(21)14-16(17(19)15-11-10-13-22-15)24-25(6-2,7-3)8-4/h10-11,13,16-17H,5-9,12,14H2,1-4H3/t16-,17+,19?/m1/s1. The number of amides is 1. The van der Waals surface area contributed by atoms with Crippen LogP contribution < -0.4 is 0 Å². The van der Waals surface area contributed by atoms with Gasteiger partial charge < -0.3 is 18.8 Å². The number of unbranched alkanes of at least 4 members (excludes halogenated alkanes) is 1. The Morgan fingerprint density at radius 3 is 2.52 bits per heavy atom. The van der Waals surface area contributed by atoms with Gasteiger partial charge in [-0.2, -0.15) is 4.79 Å². The van der Waals surface area contributed by atoms with Crippen molar-refractivity contribution in [1.29, 1.82) is 0 Å². The average Bonchev–Trinajstić information content (AvgIpc) is 3.12. The van der Waals surface area contributed by atoms with Crippen molar-refractivity contribution in [2.75, 3.05) is 13.2 Å². The van der Waals surface area contributed by atoms with E-state index >= 15 is 0 Å². The molecule has 1 aromatic heterocycles. The van der Waals surface area contributed by atoms with Gasteiger partial charge in [0.15, 0.2) is 26.2 Å². The number of likely N-dealkylation sites (tertiary alicyclic amines) is 1. The smallest absolute Gasteiger partial charge is 0.516 e. The van der Waals surface area contributed by atoms with E-state index < -0.39 is 25.1 Å². The lowest BCUT2D eigenvalue weighted by molar-refractivity contribution is -0.897. The molecule has 0 bridgehead atoms. The molecule has 7 heteroatoms. The van der Waals surface area contributed by atoms with Gasteiger partial charge in [0.1, 0.15) is 6.54 Å². The fourth-order valence-electron chi connectivity index (χ4n) is 3.48. The average molecular weight is 370 g/mol. The van der Waals surface area contributed by atoms with Crippen molar-refractivity contribution in [3.63, 3.8) is 0 Å². The molecule has 1 aromatic rings. The Morgan fingerprint density at radius 1 is 1.32 bits per heavy atom. The fourth-order valence-corrected chi connectivity index (χ4v) is 6.33. The molecule has 0 aliphatic carbocycles. The maximum absolute atomic E-state index is 13.2. The van der Waals surface area contributed by atoms with Crippen LogP contribution in [0.2, 0.25) is 18.1 Å². The Labute approximate surface area is 151 Å². The number of hydroxylamine groups is 3. The summed E-state index contributed by atoms with van der Waals surface area (Å²) in [6.07, 6.45) is 2.19. The first kappa shape index (κ1) is 20.2. The molecule has 2 heterocycles. The van der Waals surface area contributed by atoms with Crippen LogP contribution >= 0.6 is 0 Å². The van der Waals surface area contributed by atoms with E-state index in [1.165, 1.54) is 6.26 Å². The zero-order chi connectivity index (χ0) is 18.5. The predicted octanol–water partition coefficient (Wildman–Crippen LogP) is 4.98. The Kier molecular flexibility index (Phi) is 6.84. The summed E-state index contributed by atoms with van der Waals surface area (Å²) in [7, 11) is -1.88. The Bertz CT molecular complexity index is 537. The third-order valence-corrected chi connectivity index (χ3v) is 10.1. The molecule has 1 fully saturated rings. The lowest BCUT2D eigenvalue weighted by Gasteiger charge is -2.56. The van der Waals surface area contributed by atoms with Crippen molar-refractivity contribution in [2.24, 2.45) is 0 Å². The van der Waals surface area contributed by atoms with Crippen molar-refractivity contribution in [3.8, 4) is 0 Å². The topological polar surface area (TPSA) is 71.7 Å². The lowest BCUT2D eigenvalue weighted by atomic mass is 9.96. The maximum atomic E-state index is 13.2. The van der Waals surface area contributed by atoms with Crippen LogP contribution in [0.1, 0.15) is 52.3 Å². The number of hydrogen-bond acceptors (Lipinski definition) is 5. The molecule has 142 valence electrons. The minimum atomic E-state index is -1.88. The van der Waals surface area contributed by atoms with E-state index in [4.69, 9.17) is 13.6 Å². The maximum Gasteiger partial charge on any atom is 0.516 e. The van der Waals surface area contributed by atoms with E-state index in [0.717, 1.165) is 31.0 Å². The van der Waals surface area contributed by atoms with E-state index in [-0.39, 0.29) is 19.3 Å². The molecule has 1 saturated heterocycles. The Balaban J connectivity index is 2.17. The summed E-state index contributed by atoms with van der Waals surface area (Å²) < 4.78 is 16.1. The Morgan fingerprint density at radius 2 is 2.00 bits per heavy atom.